The Labute approximate surface area is 200 Å². The Morgan fingerprint density at radius 1 is 1.03 bits per heavy atom. The zero-order valence-corrected chi connectivity index (χ0v) is 19.2. The number of fused-ring (bicyclic) bond motifs is 1. The van der Waals surface area contributed by atoms with Gasteiger partial charge in [-0.3, -0.25) is 4.79 Å². The van der Waals surface area contributed by atoms with E-state index in [9.17, 15) is 4.79 Å². The van der Waals surface area contributed by atoms with Gasteiger partial charge in [0.1, 0.15) is 12.4 Å². The molecule has 34 heavy (non-hydrogen) atoms. The fraction of sp³-hybridized carbons (Fsp3) is 0.115. The predicted octanol–water partition coefficient (Wildman–Crippen LogP) is 5.92. The van der Waals surface area contributed by atoms with Crippen molar-refractivity contribution in [3.05, 3.63) is 90.6 Å². The number of rotatable bonds is 8. The van der Waals surface area contributed by atoms with Crippen LogP contribution in [-0.4, -0.2) is 26.3 Å². The van der Waals surface area contributed by atoms with Crippen molar-refractivity contribution in [1.82, 2.24) is 15.2 Å². The van der Waals surface area contributed by atoms with E-state index in [4.69, 9.17) is 9.15 Å². The lowest BCUT2D eigenvalue weighted by Crippen LogP contribution is -2.22. The van der Waals surface area contributed by atoms with Crippen molar-refractivity contribution in [3.63, 3.8) is 0 Å². The van der Waals surface area contributed by atoms with Crippen LogP contribution in [0.1, 0.15) is 12.5 Å². The molecule has 0 unspecified atom stereocenters. The fourth-order valence-corrected chi connectivity index (χ4v) is 4.12. The van der Waals surface area contributed by atoms with E-state index in [0.717, 1.165) is 27.8 Å². The summed E-state index contributed by atoms with van der Waals surface area (Å²) < 4.78 is 11.6. The van der Waals surface area contributed by atoms with Gasteiger partial charge in [-0.1, -0.05) is 60.3 Å². The number of ether oxygens (including phenoxy) is 1. The number of amides is 1. The van der Waals surface area contributed by atoms with Gasteiger partial charge in [-0.15, -0.1) is 10.2 Å². The van der Waals surface area contributed by atoms with Gasteiger partial charge in [-0.25, -0.2) is 0 Å². The minimum absolute atomic E-state index is 0.158. The minimum atomic E-state index is -0.426. The maximum atomic E-state index is 12.7. The first kappa shape index (κ1) is 21.8. The van der Waals surface area contributed by atoms with Gasteiger partial charge >= 0.3 is 0 Å². The Hall–Kier alpha value is -4.04. The largest absolute Gasteiger partial charge is 0.489 e. The molecule has 0 radical (unpaired) electrons. The molecule has 0 saturated carbocycles. The van der Waals surface area contributed by atoms with Crippen LogP contribution in [0.5, 0.6) is 5.75 Å². The molecule has 0 aliphatic rings. The molecule has 2 heterocycles. The number of hydrogen-bond donors (Lipinski definition) is 2. The number of para-hydroxylation sites is 1. The Bertz CT molecular complexity index is 1400. The first-order valence-electron chi connectivity index (χ1n) is 10.8. The third kappa shape index (κ3) is 4.97. The highest BCUT2D eigenvalue weighted by Crippen LogP contribution is 2.31. The monoisotopic (exact) mass is 470 g/mol. The maximum absolute atomic E-state index is 12.7. The number of nitrogens with one attached hydrogen (secondary N) is 2. The van der Waals surface area contributed by atoms with Gasteiger partial charge in [0.15, 0.2) is 0 Å². The zero-order chi connectivity index (χ0) is 23.3. The van der Waals surface area contributed by atoms with Crippen molar-refractivity contribution < 1.29 is 13.9 Å². The molecule has 5 aromatic rings. The first-order chi connectivity index (χ1) is 16.7. The molecule has 0 fully saturated rings. The molecule has 8 heteroatoms. The molecule has 170 valence electrons. The van der Waals surface area contributed by atoms with Crippen LogP contribution >= 0.6 is 11.8 Å². The number of carbonyl (C=O) groups is 1. The molecule has 5 rings (SSSR count). The predicted molar refractivity (Wildman–Crippen MR) is 133 cm³/mol. The molecule has 0 aliphatic carbocycles. The number of carbonyl (C=O) groups excluding carboxylic acids is 1. The van der Waals surface area contributed by atoms with E-state index < -0.39 is 5.25 Å². The molecule has 0 bridgehead atoms. The van der Waals surface area contributed by atoms with Gasteiger partial charge in [0.25, 0.3) is 11.1 Å². The molecule has 7 nitrogen and oxygen atoms in total. The second kappa shape index (κ2) is 9.84. The van der Waals surface area contributed by atoms with Gasteiger partial charge in [0, 0.05) is 22.8 Å². The lowest BCUT2D eigenvalue weighted by Gasteiger charge is -2.11. The van der Waals surface area contributed by atoms with Gasteiger partial charge in [-0.2, -0.15) is 0 Å². The number of nitrogens with zero attached hydrogens (tertiary/aromatic N) is 2. The number of aromatic amines is 1. The number of benzene rings is 3. The van der Waals surface area contributed by atoms with E-state index in [-0.39, 0.29) is 5.91 Å². The summed E-state index contributed by atoms with van der Waals surface area (Å²) in [5, 5.41) is 12.1. The van der Waals surface area contributed by atoms with Crippen LogP contribution in [0.4, 0.5) is 5.69 Å². The number of thioether (sulfide) groups is 1. The topological polar surface area (TPSA) is 93.0 Å². The summed E-state index contributed by atoms with van der Waals surface area (Å²) in [6.45, 7) is 2.29. The van der Waals surface area contributed by atoms with Crippen molar-refractivity contribution in [2.45, 2.75) is 24.0 Å². The molecular formula is C26H22N4O3S. The molecule has 1 atom stereocenters. The zero-order valence-electron chi connectivity index (χ0n) is 18.4. The van der Waals surface area contributed by atoms with Gasteiger partial charge < -0.3 is 19.5 Å². The number of anilines is 1. The van der Waals surface area contributed by atoms with E-state index in [1.54, 1.807) is 6.92 Å². The summed E-state index contributed by atoms with van der Waals surface area (Å²) in [7, 11) is 0. The quantitative estimate of drug-likeness (QED) is 0.274. The number of H-pyrrole nitrogens is 1. The summed E-state index contributed by atoms with van der Waals surface area (Å²) in [5.41, 5.74) is 3.62. The van der Waals surface area contributed by atoms with Crippen LogP contribution in [0, 0.1) is 0 Å². The SMILES string of the molecule is C[C@@H](Sc1nnc(-c2c[nH]c3ccccc23)o1)C(=O)Nc1ccc(OCc2ccccc2)cc1. The van der Waals surface area contributed by atoms with Crippen LogP contribution in [0.15, 0.2) is 94.7 Å². The fourth-order valence-electron chi connectivity index (χ4n) is 3.44. The highest BCUT2D eigenvalue weighted by atomic mass is 32.2. The van der Waals surface area contributed by atoms with Crippen molar-refractivity contribution in [1.29, 1.82) is 0 Å². The van der Waals surface area contributed by atoms with Crippen molar-refractivity contribution in [2.75, 3.05) is 5.32 Å². The molecule has 0 saturated heterocycles. The second-order valence-electron chi connectivity index (χ2n) is 7.67. The highest BCUT2D eigenvalue weighted by Gasteiger charge is 2.20. The molecule has 0 aliphatic heterocycles. The van der Waals surface area contributed by atoms with Crippen molar-refractivity contribution in [3.8, 4) is 17.2 Å². The van der Waals surface area contributed by atoms with Crippen LogP contribution in [-0.2, 0) is 11.4 Å². The van der Waals surface area contributed by atoms with E-state index in [1.165, 1.54) is 11.8 Å². The van der Waals surface area contributed by atoms with Gasteiger partial charge in [0.05, 0.1) is 10.8 Å². The Morgan fingerprint density at radius 2 is 1.79 bits per heavy atom. The highest BCUT2D eigenvalue weighted by molar-refractivity contribution is 8.00. The lowest BCUT2D eigenvalue weighted by atomic mass is 10.2. The summed E-state index contributed by atoms with van der Waals surface area (Å²) in [4.78, 5) is 15.9. The maximum Gasteiger partial charge on any atom is 0.277 e. The average molecular weight is 471 g/mol. The Kier molecular flexibility index (Phi) is 6.31. The van der Waals surface area contributed by atoms with E-state index in [1.807, 2.05) is 85.1 Å². The third-order valence-corrected chi connectivity index (χ3v) is 6.18. The smallest absolute Gasteiger partial charge is 0.277 e. The van der Waals surface area contributed by atoms with E-state index >= 15 is 0 Å². The lowest BCUT2D eigenvalue weighted by molar-refractivity contribution is -0.115. The number of aromatic nitrogens is 3. The second-order valence-corrected chi connectivity index (χ2v) is 8.96. The summed E-state index contributed by atoms with van der Waals surface area (Å²) in [5.74, 6) is 0.994. The average Bonchev–Trinajstić information content (AvgIpc) is 3.51. The van der Waals surface area contributed by atoms with E-state index in [0.29, 0.717) is 23.4 Å². The normalized spacial score (nSPS) is 11.9. The minimum Gasteiger partial charge on any atom is -0.489 e. The summed E-state index contributed by atoms with van der Waals surface area (Å²) in [6.07, 6.45) is 1.84. The van der Waals surface area contributed by atoms with Crippen LogP contribution < -0.4 is 10.1 Å². The first-order valence-corrected chi connectivity index (χ1v) is 11.7. The summed E-state index contributed by atoms with van der Waals surface area (Å²) >= 11 is 1.22. The summed E-state index contributed by atoms with van der Waals surface area (Å²) in [6, 6.07) is 25.2. The molecule has 3 aromatic carbocycles. The van der Waals surface area contributed by atoms with Gasteiger partial charge in [-0.05, 0) is 42.8 Å². The van der Waals surface area contributed by atoms with Crippen molar-refractivity contribution >= 4 is 34.3 Å². The molecule has 0 spiro atoms. The third-order valence-electron chi connectivity index (χ3n) is 5.24. The van der Waals surface area contributed by atoms with Crippen LogP contribution in [0.3, 0.4) is 0 Å². The van der Waals surface area contributed by atoms with Crippen molar-refractivity contribution in [2.24, 2.45) is 0 Å². The molecule has 2 N–H and O–H groups in total. The Balaban J connectivity index is 1.16. The standard InChI is InChI=1S/C26H22N4O3S/c1-17(34-26-30-29-25(33-26)22-15-27-23-10-6-5-9-21(22)23)24(31)28-19-11-13-20(14-12-19)32-16-18-7-3-2-4-8-18/h2-15,17,27H,16H2,1H3,(H,28,31)/t17-/m1/s1. The van der Waals surface area contributed by atoms with Gasteiger partial charge in [0.2, 0.25) is 5.91 Å². The van der Waals surface area contributed by atoms with E-state index in [2.05, 4.69) is 20.5 Å². The molecule has 1 amide bonds. The molecule has 2 aromatic heterocycles. The molecular weight excluding hydrogens is 448 g/mol. The van der Waals surface area contributed by atoms with Crippen LogP contribution in [0.2, 0.25) is 0 Å². The number of hydrogen-bond acceptors (Lipinski definition) is 6. The Morgan fingerprint density at radius 3 is 2.62 bits per heavy atom. The van der Waals surface area contributed by atoms with Crippen LogP contribution in [0.25, 0.3) is 22.4 Å².